The van der Waals surface area contributed by atoms with E-state index in [2.05, 4.69) is 21.5 Å². The van der Waals surface area contributed by atoms with Crippen molar-refractivity contribution < 1.29 is 19.4 Å². The first-order chi connectivity index (χ1) is 9.54. The van der Waals surface area contributed by atoms with Crippen molar-refractivity contribution in [2.75, 3.05) is 13.7 Å². The van der Waals surface area contributed by atoms with E-state index in [1.807, 2.05) is 6.21 Å². The molecule has 6 heteroatoms. The van der Waals surface area contributed by atoms with E-state index in [0.717, 1.165) is 5.57 Å². The molecule has 0 fully saturated rings. The largest absolute Gasteiger partial charge is 0.619 e. The normalized spacial score (nSPS) is 18.0. The van der Waals surface area contributed by atoms with Gasteiger partial charge in [-0.15, -0.1) is 0 Å². The Morgan fingerprint density at radius 3 is 2.80 bits per heavy atom. The Kier molecular flexibility index (Phi) is 5.87. The number of ether oxygens (including phenoxy) is 2. The summed E-state index contributed by atoms with van der Waals surface area (Å²) in [5.74, 6) is -1.29. The number of nitrogens with zero attached hydrogens (tertiary/aromatic N) is 2. The second-order valence-corrected chi connectivity index (χ2v) is 3.85. The van der Waals surface area contributed by atoms with Gasteiger partial charge in [0, 0.05) is 12.2 Å². The third kappa shape index (κ3) is 4.88. The molecule has 1 rings (SSSR count). The van der Waals surface area contributed by atoms with Crippen molar-refractivity contribution in [1.82, 2.24) is 0 Å². The molecule has 0 saturated heterocycles. The Balaban J connectivity index is 2.90. The number of esters is 1. The fourth-order valence-electron chi connectivity index (χ4n) is 1.17. The van der Waals surface area contributed by atoms with E-state index in [9.17, 15) is 9.90 Å². The van der Waals surface area contributed by atoms with Crippen LogP contribution in [0.25, 0.3) is 0 Å². The molecule has 104 valence electrons. The zero-order valence-corrected chi connectivity index (χ0v) is 11.3. The maximum Gasteiger partial charge on any atom is 0.619 e. The van der Waals surface area contributed by atoms with E-state index in [-0.39, 0.29) is 17.9 Å². The molecule has 0 aromatic heterocycles. The van der Waals surface area contributed by atoms with E-state index >= 15 is 0 Å². The van der Waals surface area contributed by atoms with Crippen LogP contribution in [0.2, 0.25) is 0 Å². The summed E-state index contributed by atoms with van der Waals surface area (Å²) in [6.45, 7) is 5.52. The van der Waals surface area contributed by atoms with Crippen LogP contribution in [0.4, 0.5) is 0 Å². The Hall–Kier alpha value is -2.72. The van der Waals surface area contributed by atoms with Gasteiger partial charge in [-0.05, 0) is 13.0 Å². The average Bonchev–Trinajstić information content (AvgIpc) is 2.45. The lowest BCUT2D eigenvalue weighted by molar-refractivity contribution is -0.356. The van der Waals surface area contributed by atoms with Crippen LogP contribution in [0.15, 0.2) is 58.2 Å². The van der Waals surface area contributed by atoms with Crippen LogP contribution in [0, 0.1) is 0 Å². The molecule has 0 radical (unpaired) electrons. The minimum absolute atomic E-state index is 0.130. The molecular formula is C14H14N2O4. The number of methoxy groups -OCH3 is 1. The lowest BCUT2D eigenvalue weighted by atomic mass is 10.1. The summed E-state index contributed by atoms with van der Waals surface area (Å²) in [4.78, 5) is 10.8. The molecule has 0 spiro atoms. The van der Waals surface area contributed by atoms with Crippen molar-refractivity contribution in [3.63, 3.8) is 0 Å². The number of hydrogen-bond acceptors (Lipinski definition) is 6. The zero-order chi connectivity index (χ0) is 15.0. The standard InChI is InChI=1S/C14H14N2O4/c1-10(2)9-20-14(18)11-6-4-5-7-12(11)16-15-8-13(17)19-3/h4-7H,1,9H2,2-3H3. The Labute approximate surface area is 117 Å². The molecule has 6 nitrogen and oxygen atoms in total. The highest BCUT2D eigenvalue weighted by atomic mass is 16.6. The smallest absolute Gasteiger partial charge is 0.609 e. The lowest BCUT2D eigenvalue weighted by Gasteiger charge is -2.19. The van der Waals surface area contributed by atoms with Gasteiger partial charge in [-0.3, -0.25) is 0 Å². The molecule has 0 bridgehead atoms. The van der Waals surface area contributed by atoms with Gasteiger partial charge in [-0.1, -0.05) is 35.5 Å². The van der Waals surface area contributed by atoms with Crippen molar-refractivity contribution >= 4 is 17.9 Å². The molecule has 0 unspecified atom stereocenters. The molecule has 0 saturated carbocycles. The number of allylic oxidation sites excluding steroid dienone is 5. The topological polar surface area (TPSA) is 83.3 Å². The van der Waals surface area contributed by atoms with Crippen molar-refractivity contribution in [2.24, 2.45) is 10.2 Å². The number of hydrogen-bond donors (Lipinski definition) is 0. The molecule has 1 aliphatic rings. The Morgan fingerprint density at radius 1 is 1.45 bits per heavy atom. The quantitative estimate of drug-likeness (QED) is 0.185. The van der Waals surface area contributed by atoms with Crippen LogP contribution < -0.4 is 5.11 Å². The second kappa shape index (κ2) is 7.66. The van der Waals surface area contributed by atoms with Gasteiger partial charge in [0.15, 0.2) is 0 Å². The summed E-state index contributed by atoms with van der Waals surface area (Å²) in [6, 6.07) is 0. The maximum atomic E-state index is 11.8. The molecular weight excluding hydrogens is 260 g/mol. The molecule has 20 heavy (non-hydrogen) atoms. The molecule has 0 N–H and O–H groups in total. The highest BCUT2D eigenvalue weighted by molar-refractivity contribution is 6.23. The van der Waals surface area contributed by atoms with Gasteiger partial charge in [0.2, 0.25) is 0 Å². The monoisotopic (exact) mass is 274 g/mol. The predicted octanol–water partition coefficient (Wildman–Crippen LogP) is 0.754. The highest BCUT2D eigenvalue weighted by Crippen LogP contribution is 2.12. The predicted molar refractivity (Wildman–Crippen MR) is 73.0 cm³/mol. The number of rotatable bonds is 5. The van der Waals surface area contributed by atoms with Crippen LogP contribution in [0.5, 0.6) is 0 Å². The first kappa shape index (κ1) is 15.3. The molecule has 0 aromatic carbocycles. The van der Waals surface area contributed by atoms with Crippen LogP contribution in [0.1, 0.15) is 6.92 Å². The first-order valence-electron chi connectivity index (χ1n) is 5.70. The van der Waals surface area contributed by atoms with Gasteiger partial charge < -0.3 is 14.6 Å². The van der Waals surface area contributed by atoms with E-state index in [0.29, 0.717) is 0 Å². The van der Waals surface area contributed by atoms with Crippen molar-refractivity contribution in [2.45, 2.75) is 6.92 Å². The van der Waals surface area contributed by atoms with Gasteiger partial charge in [-0.25, -0.2) is 0 Å². The third-order valence-corrected chi connectivity index (χ3v) is 2.06. The number of carbonyl (C=O) groups excluding carboxylic acids is 1. The molecule has 0 amide bonds. The van der Waals surface area contributed by atoms with Crippen LogP contribution >= 0.6 is 0 Å². The minimum atomic E-state index is -0.754. The molecule has 1 aliphatic carbocycles. The summed E-state index contributed by atoms with van der Waals surface area (Å²) < 4.78 is 9.35. The minimum Gasteiger partial charge on any atom is -0.609 e. The fourth-order valence-corrected chi connectivity index (χ4v) is 1.17. The molecule has 0 aromatic rings. The van der Waals surface area contributed by atoms with Crippen LogP contribution in [-0.4, -0.2) is 31.6 Å². The second-order valence-electron chi connectivity index (χ2n) is 3.85. The summed E-state index contributed by atoms with van der Waals surface area (Å²) in [5, 5.41) is 19.0. The summed E-state index contributed by atoms with van der Waals surface area (Å²) >= 11 is 0. The van der Waals surface area contributed by atoms with Gasteiger partial charge in [0.1, 0.15) is 5.10 Å². The van der Waals surface area contributed by atoms with Crippen molar-refractivity contribution in [3.05, 3.63) is 48.0 Å². The fraction of sp³-hybridized carbons (Fsp3) is 0.214. The van der Waals surface area contributed by atoms with E-state index < -0.39 is 11.9 Å². The Bertz CT molecular complexity index is 539. The van der Waals surface area contributed by atoms with Crippen LogP contribution in [-0.2, 0) is 14.3 Å². The van der Waals surface area contributed by atoms with Gasteiger partial charge >= 0.3 is 12.2 Å². The summed E-state index contributed by atoms with van der Waals surface area (Å²) in [7, 11) is 1.20. The third-order valence-electron chi connectivity index (χ3n) is 2.06. The van der Waals surface area contributed by atoms with E-state index in [4.69, 9.17) is 4.74 Å². The molecule has 0 atom stereocenters. The molecule has 0 heterocycles. The zero-order valence-electron chi connectivity index (χ0n) is 11.3. The SMILES string of the molecule is C=C(C)CO/C([O-])=C1/C=CC=C/C1=N\N=[C+]C(=O)OC. The van der Waals surface area contributed by atoms with Gasteiger partial charge in [-0.2, -0.15) is 4.79 Å². The number of carbonyl (C=O) groups is 1. The maximum absolute atomic E-state index is 11.8. The average molecular weight is 274 g/mol. The van der Waals surface area contributed by atoms with Crippen molar-refractivity contribution in [3.8, 4) is 0 Å². The van der Waals surface area contributed by atoms with E-state index in [1.54, 1.807) is 31.2 Å². The van der Waals surface area contributed by atoms with E-state index in [1.165, 1.54) is 7.11 Å². The Morgan fingerprint density at radius 2 is 2.15 bits per heavy atom. The highest BCUT2D eigenvalue weighted by Gasteiger charge is 2.14. The molecule has 0 aliphatic heterocycles. The van der Waals surface area contributed by atoms with Crippen molar-refractivity contribution in [1.29, 1.82) is 0 Å². The first-order valence-corrected chi connectivity index (χ1v) is 5.70. The lowest BCUT2D eigenvalue weighted by Crippen LogP contribution is -2.16. The summed E-state index contributed by atoms with van der Waals surface area (Å²) in [6.07, 6.45) is 8.50. The van der Waals surface area contributed by atoms with Gasteiger partial charge in [0.25, 0.3) is 0 Å². The van der Waals surface area contributed by atoms with Gasteiger partial charge in [0.05, 0.1) is 18.8 Å². The summed E-state index contributed by atoms with van der Waals surface area (Å²) in [5.41, 5.74) is 1.24. The van der Waals surface area contributed by atoms with Crippen LogP contribution in [0.3, 0.4) is 0 Å².